The van der Waals surface area contributed by atoms with E-state index >= 15 is 0 Å². The fraction of sp³-hybridized carbons (Fsp3) is 0.375. The number of hydrogen-bond acceptors (Lipinski definition) is 3. The van der Waals surface area contributed by atoms with Crippen molar-refractivity contribution in [3.8, 4) is 5.75 Å². The van der Waals surface area contributed by atoms with Gasteiger partial charge in [0.05, 0.1) is 19.3 Å². The van der Waals surface area contributed by atoms with E-state index in [-0.39, 0.29) is 0 Å². The van der Waals surface area contributed by atoms with Crippen LogP contribution < -0.4 is 15.4 Å². The lowest BCUT2D eigenvalue weighted by molar-refractivity contribution is 0.414. The predicted octanol–water partition coefficient (Wildman–Crippen LogP) is 1.34. The summed E-state index contributed by atoms with van der Waals surface area (Å²) in [4.78, 5) is 4.22. The summed E-state index contributed by atoms with van der Waals surface area (Å²) in [5.41, 5.74) is 2.34. The molecule has 2 aromatic rings. The van der Waals surface area contributed by atoms with Gasteiger partial charge in [-0.1, -0.05) is 12.1 Å². The van der Waals surface area contributed by atoms with Crippen molar-refractivity contribution in [2.45, 2.75) is 13.0 Å². The summed E-state index contributed by atoms with van der Waals surface area (Å²) >= 11 is 0. The molecule has 1 heterocycles. The SMILES string of the molecule is CN=C(NCCc1cccc(OC)c1)NCc1ccnn1C. The minimum atomic E-state index is 0.690. The normalized spacial score (nSPS) is 11.3. The Kier molecular flexibility index (Phi) is 5.82. The maximum atomic E-state index is 5.23. The number of aryl methyl sites for hydroxylation is 1. The maximum absolute atomic E-state index is 5.23. The summed E-state index contributed by atoms with van der Waals surface area (Å²) in [6, 6.07) is 10.1. The maximum Gasteiger partial charge on any atom is 0.191 e. The molecule has 0 fully saturated rings. The first-order chi connectivity index (χ1) is 10.7. The van der Waals surface area contributed by atoms with Crippen LogP contribution in [-0.4, -0.2) is 36.4 Å². The molecule has 1 aromatic carbocycles. The first-order valence-electron chi connectivity index (χ1n) is 7.27. The van der Waals surface area contributed by atoms with Crippen molar-refractivity contribution in [3.63, 3.8) is 0 Å². The summed E-state index contributed by atoms with van der Waals surface area (Å²) in [7, 11) is 5.38. The number of aliphatic imine (C=N–C) groups is 1. The molecule has 118 valence electrons. The summed E-state index contributed by atoms with van der Waals surface area (Å²) in [6.45, 7) is 1.49. The van der Waals surface area contributed by atoms with Gasteiger partial charge in [-0.15, -0.1) is 0 Å². The standard InChI is InChI=1S/C16H23N5O/c1-17-16(19-12-14-8-10-20-21(14)2)18-9-7-13-5-4-6-15(11-13)22-3/h4-6,8,10-11H,7,9,12H2,1-3H3,(H2,17,18,19). The second-order valence-corrected chi connectivity index (χ2v) is 4.90. The molecule has 0 saturated carbocycles. The van der Waals surface area contributed by atoms with Crippen LogP contribution in [0.15, 0.2) is 41.5 Å². The third kappa shape index (κ3) is 4.51. The van der Waals surface area contributed by atoms with Crippen LogP contribution in [0.1, 0.15) is 11.3 Å². The van der Waals surface area contributed by atoms with Crippen LogP contribution in [0.5, 0.6) is 5.75 Å². The number of rotatable bonds is 6. The molecule has 0 radical (unpaired) electrons. The zero-order chi connectivity index (χ0) is 15.8. The largest absolute Gasteiger partial charge is 0.497 e. The fourth-order valence-corrected chi connectivity index (χ4v) is 2.12. The van der Waals surface area contributed by atoms with Crippen LogP contribution in [0.3, 0.4) is 0 Å². The van der Waals surface area contributed by atoms with E-state index < -0.39 is 0 Å². The summed E-state index contributed by atoms with van der Waals surface area (Å²) in [5, 5.41) is 10.7. The van der Waals surface area contributed by atoms with Gasteiger partial charge in [0.25, 0.3) is 0 Å². The highest BCUT2D eigenvalue weighted by molar-refractivity contribution is 5.79. The van der Waals surface area contributed by atoms with E-state index in [1.165, 1.54) is 5.56 Å². The number of aromatic nitrogens is 2. The van der Waals surface area contributed by atoms with Gasteiger partial charge in [-0.3, -0.25) is 9.67 Å². The second-order valence-electron chi connectivity index (χ2n) is 4.90. The van der Waals surface area contributed by atoms with E-state index in [1.54, 1.807) is 20.4 Å². The summed E-state index contributed by atoms with van der Waals surface area (Å²) in [5.74, 6) is 1.67. The smallest absolute Gasteiger partial charge is 0.191 e. The minimum absolute atomic E-state index is 0.690. The Morgan fingerprint density at radius 2 is 2.18 bits per heavy atom. The highest BCUT2D eigenvalue weighted by atomic mass is 16.5. The molecule has 0 aliphatic rings. The Bertz CT molecular complexity index is 621. The molecule has 0 atom stereocenters. The quantitative estimate of drug-likeness (QED) is 0.624. The van der Waals surface area contributed by atoms with Crippen LogP contribution in [0, 0.1) is 0 Å². The molecule has 6 nitrogen and oxygen atoms in total. The van der Waals surface area contributed by atoms with Gasteiger partial charge in [-0.05, 0) is 30.2 Å². The first kappa shape index (κ1) is 15.9. The molecular weight excluding hydrogens is 278 g/mol. The molecule has 22 heavy (non-hydrogen) atoms. The van der Waals surface area contributed by atoms with E-state index in [9.17, 15) is 0 Å². The van der Waals surface area contributed by atoms with Crippen molar-refractivity contribution >= 4 is 5.96 Å². The number of methoxy groups -OCH3 is 1. The molecular formula is C16H23N5O. The van der Waals surface area contributed by atoms with Crippen LogP contribution in [0.2, 0.25) is 0 Å². The van der Waals surface area contributed by atoms with Gasteiger partial charge in [0.15, 0.2) is 5.96 Å². The summed E-state index contributed by atoms with van der Waals surface area (Å²) < 4.78 is 7.07. The van der Waals surface area contributed by atoms with Crippen molar-refractivity contribution in [2.75, 3.05) is 20.7 Å². The van der Waals surface area contributed by atoms with Crippen molar-refractivity contribution in [1.82, 2.24) is 20.4 Å². The molecule has 0 amide bonds. The van der Waals surface area contributed by atoms with Gasteiger partial charge in [-0.25, -0.2) is 0 Å². The molecule has 1 aromatic heterocycles. The van der Waals surface area contributed by atoms with E-state index in [4.69, 9.17) is 4.74 Å². The number of hydrogen-bond donors (Lipinski definition) is 2. The molecule has 0 aliphatic heterocycles. The lowest BCUT2D eigenvalue weighted by Gasteiger charge is -2.12. The zero-order valence-corrected chi connectivity index (χ0v) is 13.3. The lowest BCUT2D eigenvalue weighted by Crippen LogP contribution is -2.38. The molecule has 0 aliphatic carbocycles. The molecule has 0 bridgehead atoms. The monoisotopic (exact) mass is 301 g/mol. The average molecular weight is 301 g/mol. The first-order valence-corrected chi connectivity index (χ1v) is 7.27. The average Bonchev–Trinajstić information content (AvgIpc) is 2.96. The van der Waals surface area contributed by atoms with E-state index in [0.717, 1.165) is 30.4 Å². The van der Waals surface area contributed by atoms with Gasteiger partial charge in [0.2, 0.25) is 0 Å². The molecule has 6 heteroatoms. The summed E-state index contributed by atoms with van der Waals surface area (Å²) in [6.07, 6.45) is 2.69. The van der Waals surface area contributed by atoms with Gasteiger partial charge < -0.3 is 15.4 Å². The zero-order valence-electron chi connectivity index (χ0n) is 13.3. The molecule has 2 N–H and O–H groups in total. The number of nitrogens with zero attached hydrogens (tertiary/aromatic N) is 3. The molecule has 0 unspecified atom stereocenters. The topological polar surface area (TPSA) is 63.5 Å². The highest BCUT2D eigenvalue weighted by Crippen LogP contribution is 2.12. The number of benzene rings is 1. The number of guanidine groups is 1. The van der Waals surface area contributed by atoms with Crippen LogP contribution >= 0.6 is 0 Å². The van der Waals surface area contributed by atoms with Crippen molar-refractivity contribution in [1.29, 1.82) is 0 Å². The Labute approximate surface area is 131 Å². The van der Waals surface area contributed by atoms with Gasteiger partial charge >= 0.3 is 0 Å². The van der Waals surface area contributed by atoms with Crippen LogP contribution in [-0.2, 0) is 20.0 Å². The highest BCUT2D eigenvalue weighted by Gasteiger charge is 2.02. The van der Waals surface area contributed by atoms with E-state index in [2.05, 4.69) is 26.8 Å². The number of nitrogens with one attached hydrogen (secondary N) is 2. The van der Waals surface area contributed by atoms with Gasteiger partial charge in [-0.2, -0.15) is 5.10 Å². The van der Waals surface area contributed by atoms with Crippen LogP contribution in [0.4, 0.5) is 0 Å². The molecule has 0 saturated heterocycles. The second kappa shape index (κ2) is 8.07. The Morgan fingerprint density at radius 3 is 2.86 bits per heavy atom. The molecule has 2 rings (SSSR count). The third-order valence-corrected chi connectivity index (χ3v) is 3.42. The van der Waals surface area contributed by atoms with Gasteiger partial charge in [0, 0.05) is 26.8 Å². The minimum Gasteiger partial charge on any atom is -0.497 e. The fourth-order valence-electron chi connectivity index (χ4n) is 2.12. The lowest BCUT2D eigenvalue weighted by atomic mass is 10.1. The van der Waals surface area contributed by atoms with E-state index in [1.807, 2.05) is 36.0 Å². The Morgan fingerprint density at radius 1 is 1.32 bits per heavy atom. The molecule has 0 spiro atoms. The Balaban J connectivity index is 1.77. The predicted molar refractivity (Wildman–Crippen MR) is 88.1 cm³/mol. The Hall–Kier alpha value is -2.50. The van der Waals surface area contributed by atoms with E-state index in [0.29, 0.717) is 6.54 Å². The third-order valence-electron chi connectivity index (χ3n) is 3.42. The van der Waals surface area contributed by atoms with Crippen molar-refractivity contribution in [2.24, 2.45) is 12.0 Å². The van der Waals surface area contributed by atoms with Gasteiger partial charge in [0.1, 0.15) is 5.75 Å². The number of ether oxygens (including phenoxy) is 1. The van der Waals surface area contributed by atoms with Crippen LogP contribution in [0.25, 0.3) is 0 Å². The van der Waals surface area contributed by atoms with Crippen molar-refractivity contribution in [3.05, 3.63) is 47.8 Å². The van der Waals surface area contributed by atoms with Crippen molar-refractivity contribution < 1.29 is 4.74 Å².